The zero-order valence-corrected chi connectivity index (χ0v) is 49.3. The summed E-state index contributed by atoms with van der Waals surface area (Å²) in [7, 11) is 0. The molecule has 6 heteroatoms. The van der Waals surface area contributed by atoms with E-state index in [1.54, 1.807) is 0 Å². The van der Waals surface area contributed by atoms with Crippen molar-refractivity contribution < 1.29 is 28.6 Å². The number of carbonyl (C=O) groups is 3. The molecule has 1 unspecified atom stereocenters. The van der Waals surface area contributed by atoms with Gasteiger partial charge in [-0.1, -0.05) is 285 Å². The second-order valence-corrected chi connectivity index (χ2v) is 20.9. The molecule has 0 amide bonds. The van der Waals surface area contributed by atoms with Crippen LogP contribution >= 0.6 is 0 Å². The van der Waals surface area contributed by atoms with Crippen LogP contribution in [0, 0.1) is 0 Å². The topological polar surface area (TPSA) is 78.9 Å². The van der Waals surface area contributed by atoms with E-state index in [9.17, 15) is 14.4 Å². The van der Waals surface area contributed by atoms with Gasteiger partial charge >= 0.3 is 17.9 Å². The number of ether oxygens (including phenoxy) is 3. The minimum Gasteiger partial charge on any atom is -0.462 e. The van der Waals surface area contributed by atoms with Gasteiger partial charge in [-0.05, 0) is 96.3 Å². The van der Waals surface area contributed by atoms with Crippen LogP contribution in [0.4, 0.5) is 0 Å². The van der Waals surface area contributed by atoms with E-state index in [2.05, 4.69) is 118 Å². The highest BCUT2D eigenvalue weighted by atomic mass is 16.6. The smallest absolute Gasteiger partial charge is 0.306 e. The first-order valence-corrected chi connectivity index (χ1v) is 31.7. The predicted octanol–water partition coefficient (Wildman–Crippen LogP) is 21.7. The first kappa shape index (κ1) is 71.3. The van der Waals surface area contributed by atoms with Crippen LogP contribution in [0.1, 0.15) is 303 Å². The molecule has 0 bridgehead atoms. The Bertz CT molecular complexity index is 1480. The number of allylic oxidation sites excluding steroid dienone is 16. The summed E-state index contributed by atoms with van der Waals surface area (Å²) in [6.07, 6.45) is 84.1. The standard InChI is InChI=1S/C69H118O6/c1-4-7-10-13-16-19-22-25-28-31-33-34-36-38-41-44-47-50-53-56-59-62-68(71)74-65-66(64-73-67(70)61-58-55-52-49-46-43-40-37-30-27-24-21-18-15-12-9-6-3)75-69(72)63-60-57-54-51-48-45-42-39-35-32-29-26-23-20-17-14-11-8-5-2/h9,12,17-18,20-21,26-27,29-30,35,39-40,43,49,52,66H,4-8,10-11,13-16,19,22-25,28,31-34,36-38,41-42,44-48,50-51,53-65H2,1-3H3/b12-9-,20-17-,21-18-,29-26-,30-27-,39-35-,43-40-,52-49-. The molecular formula is C69H118O6. The number of hydrogen-bond acceptors (Lipinski definition) is 6. The average molecular weight is 1040 g/mol. The lowest BCUT2D eigenvalue weighted by Crippen LogP contribution is -2.30. The Kier molecular flexibility index (Phi) is 59.8. The Morgan fingerprint density at radius 2 is 0.533 bits per heavy atom. The van der Waals surface area contributed by atoms with E-state index in [1.165, 1.54) is 154 Å². The number of unbranched alkanes of at least 4 members (excludes halogenated alkanes) is 30. The first-order valence-electron chi connectivity index (χ1n) is 31.7. The second-order valence-electron chi connectivity index (χ2n) is 20.9. The van der Waals surface area contributed by atoms with Gasteiger partial charge in [0.1, 0.15) is 13.2 Å². The fourth-order valence-electron chi connectivity index (χ4n) is 8.84. The van der Waals surface area contributed by atoms with E-state index >= 15 is 0 Å². The van der Waals surface area contributed by atoms with Crippen molar-refractivity contribution in [2.24, 2.45) is 0 Å². The lowest BCUT2D eigenvalue weighted by molar-refractivity contribution is -0.167. The molecule has 0 aliphatic heterocycles. The molecule has 0 aromatic carbocycles. The molecule has 1 atom stereocenters. The van der Waals surface area contributed by atoms with E-state index in [0.717, 1.165) is 103 Å². The molecule has 0 aliphatic carbocycles. The minimum atomic E-state index is -0.809. The number of carbonyl (C=O) groups excluding carboxylic acids is 3. The van der Waals surface area contributed by atoms with Crippen molar-refractivity contribution in [3.63, 3.8) is 0 Å². The summed E-state index contributed by atoms with van der Waals surface area (Å²) < 4.78 is 16.9. The molecule has 75 heavy (non-hydrogen) atoms. The van der Waals surface area contributed by atoms with Crippen molar-refractivity contribution in [2.75, 3.05) is 13.2 Å². The van der Waals surface area contributed by atoms with Crippen molar-refractivity contribution in [3.05, 3.63) is 97.2 Å². The van der Waals surface area contributed by atoms with E-state index in [4.69, 9.17) is 14.2 Å². The Balaban J connectivity index is 4.45. The summed E-state index contributed by atoms with van der Waals surface area (Å²) in [4.78, 5) is 38.3. The van der Waals surface area contributed by atoms with Crippen LogP contribution in [0.25, 0.3) is 0 Å². The average Bonchev–Trinajstić information content (AvgIpc) is 3.41. The maximum absolute atomic E-state index is 12.9. The summed E-state index contributed by atoms with van der Waals surface area (Å²) >= 11 is 0. The molecule has 0 N–H and O–H groups in total. The van der Waals surface area contributed by atoms with Gasteiger partial charge in [-0.3, -0.25) is 14.4 Å². The van der Waals surface area contributed by atoms with E-state index in [-0.39, 0.29) is 37.5 Å². The summed E-state index contributed by atoms with van der Waals surface area (Å²) in [6, 6.07) is 0. The van der Waals surface area contributed by atoms with Gasteiger partial charge in [0.25, 0.3) is 0 Å². The summed E-state index contributed by atoms with van der Waals surface area (Å²) in [6.45, 7) is 6.47. The van der Waals surface area contributed by atoms with E-state index in [0.29, 0.717) is 19.3 Å². The fraction of sp³-hybridized carbons (Fsp3) is 0.725. The molecule has 0 aromatic heterocycles. The van der Waals surface area contributed by atoms with Crippen molar-refractivity contribution in [2.45, 2.75) is 309 Å². The van der Waals surface area contributed by atoms with Gasteiger partial charge in [-0.2, -0.15) is 0 Å². The fourth-order valence-corrected chi connectivity index (χ4v) is 8.84. The van der Waals surface area contributed by atoms with Crippen LogP contribution in [0.5, 0.6) is 0 Å². The second kappa shape index (κ2) is 62.9. The van der Waals surface area contributed by atoms with Crippen molar-refractivity contribution in [1.82, 2.24) is 0 Å². The Morgan fingerprint density at radius 3 is 0.893 bits per heavy atom. The highest BCUT2D eigenvalue weighted by molar-refractivity contribution is 5.71. The van der Waals surface area contributed by atoms with Gasteiger partial charge in [0, 0.05) is 19.3 Å². The van der Waals surface area contributed by atoms with Crippen LogP contribution in [0.2, 0.25) is 0 Å². The van der Waals surface area contributed by atoms with Crippen molar-refractivity contribution in [1.29, 1.82) is 0 Å². The molecule has 0 saturated carbocycles. The number of hydrogen-bond donors (Lipinski definition) is 0. The van der Waals surface area contributed by atoms with E-state index < -0.39 is 6.10 Å². The van der Waals surface area contributed by atoms with Gasteiger partial charge in [0.15, 0.2) is 6.10 Å². The highest BCUT2D eigenvalue weighted by Gasteiger charge is 2.19. The molecule has 6 nitrogen and oxygen atoms in total. The van der Waals surface area contributed by atoms with Crippen LogP contribution in [0.3, 0.4) is 0 Å². The molecule has 0 aliphatic rings. The van der Waals surface area contributed by atoms with Gasteiger partial charge < -0.3 is 14.2 Å². The third kappa shape index (κ3) is 61.1. The predicted molar refractivity (Wildman–Crippen MR) is 325 cm³/mol. The normalized spacial score (nSPS) is 12.7. The monoisotopic (exact) mass is 1040 g/mol. The molecule has 430 valence electrons. The maximum atomic E-state index is 12.9. The molecular weight excluding hydrogens is 925 g/mol. The quantitative estimate of drug-likeness (QED) is 0.0261. The molecule has 0 rings (SSSR count). The molecule has 0 spiro atoms. The van der Waals surface area contributed by atoms with Crippen LogP contribution in [0.15, 0.2) is 97.2 Å². The van der Waals surface area contributed by atoms with Crippen molar-refractivity contribution in [3.8, 4) is 0 Å². The molecule has 0 fully saturated rings. The van der Waals surface area contributed by atoms with Crippen molar-refractivity contribution >= 4 is 17.9 Å². The Morgan fingerprint density at radius 1 is 0.280 bits per heavy atom. The Labute approximate surface area is 464 Å². The third-order valence-corrected chi connectivity index (χ3v) is 13.6. The summed E-state index contributed by atoms with van der Waals surface area (Å²) in [5.74, 6) is -0.962. The molecule has 0 radical (unpaired) electrons. The molecule has 0 aromatic rings. The molecule has 0 saturated heterocycles. The largest absolute Gasteiger partial charge is 0.462 e. The Hall–Kier alpha value is -3.67. The first-order chi connectivity index (χ1) is 37.0. The number of rotatable bonds is 57. The summed E-state index contributed by atoms with van der Waals surface area (Å²) in [5, 5.41) is 0. The minimum absolute atomic E-state index is 0.0988. The van der Waals surface area contributed by atoms with Gasteiger partial charge in [0.2, 0.25) is 0 Å². The van der Waals surface area contributed by atoms with Gasteiger partial charge in [-0.25, -0.2) is 0 Å². The van der Waals surface area contributed by atoms with E-state index in [1.807, 2.05) is 0 Å². The highest BCUT2D eigenvalue weighted by Crippen LogP contribution is 2.17. The SMILES string of the molecule is CC/C=C\C/C=C\C/C=C\C/C=C\C/C=C\CCCC(=O)OCC(COC(=O)CCCCCCCCCCCCCCCCCCCCCCC)OC(=O)CCCCCCCC/C=C\C/C=C\C/C=C\CCCCC. The van der Waals surface area contributed by atoms with Crippen LogP contribution < -0.4 is 0 Å². The lowest BCUT2D eigenvalue weighted by Gasteiger charge is -2.18. The molecule has 0 heterocycles. The van der Waals surface area contributed by atoms with Gasteiger partial charge in [0.05, 0.1) is 0 Å². The maximum Gasteiger partial charge on any atom is 0.306 e. The lowest BCUT2D eigenvalue weighted by atomic mass is 10.0. The summed E-state index contributed by atoms with van der Waals surface area (Å²) in [5.41, 5.74) is 0. The third-order valence-electron chi connectivity index (χ3n) is 13.6. The van der Waals surface area contributed by atoms with Crippen LogP contribution in [-0.2, 0) is 28.6 Å². The zero-order valence-electron chi connectivity index (χ0n) is 49.3. The number of esters is 3. The zero-order chi connectivity index (χ0) is 54.3. The van der Waals surface area contributed by atoms with Crippen LogP contribution in [-0.4, -0.2) is 37.2 Å². The van der Waals surface area contributed by atoms with Gasteiger partial charge in [-0.15, -0.1) is 0 Å².